The highest BCUT2D eigenvalue weighted by atomic mass is 19.4. The van der Waals surface area contributed by atoms with Crippen LogP contribution in [0.4, 0.5) is 13.2 Å². The second-order valence-electron chi connectivity index (χ2n) is 7.06. The first kappa shape index (κ1) is 24.3. The molecule has 0 heterocycles. The number of unbranched alkanes of at least 4 members (excludes halogenated alkanes) is 15. The predicted octanol–water partition coefficient (Wildman–Crippen LogP) is 6.93. The van der Waals surface area contributed by atoms with Gasteiger partial charge in [-0.25, -0.2) is 0 Å². The summed E-state index contributed by atoms with van der Waals surface area (Å²) in [4.78, 5) is 10.6. The van der Waals surface area contributed by atoms with E-state index in [0.717, 1.165) is 19.3 Å². The van der Waals surface area contributed by atoms with Gasteiger partial charge in [0.2, 0.25) is 0 Å². The standard InChI is InChI=1S/C20H38F3NO/c1-2-3-4-5-6-7-8-9-10-11-12-13-14-15-16-17-18-24-19(25)20(21,22)23/h2-18H2,1H3,(H,24,25). The van der Waals surface area contributed by atoms with E-state index in [1.165, 1.54) is 77.0 Å². The average Bonchev–Trinajstić information content (AvgIpc) is 2.56. The molecule has 0 aromatic heterocycles. The minimum Gasteiger partial charge on any atom is -0.348 e. The number of amides is 1. The number of hydrogen-bond donors (Lipinski definition) is 1. The summed E-state index contributed by atoms with van der Waals surface area (Å²) in [7, 11) is 0. The molecule has 150 valence electrons. The van der Waals surface area contributed by atoms with E-state index in [1.54, 1.807) is 0 Å². The summed E-state index contributed by atoms with van der Waals surface area (Å²) in [5.41, 5.74) is 0. The highest BCUT2D eigenvalue weighted by molar-refractivity contribution is 5.81. The summed E-state index contributed by atoms with van der Waals surface area (Å²) in [6, 6.07) is 0. The van der Waals surface area contributed by atoms with Gasteiger partial charge >= 0.3 is 12.1 Å². The predicted molar refractivity (Wildman–Crippen MR) is 98.6 cm³/mol. The first-order valence-electron chi connectivity index (χ1n) is 10.3. The van der Waals surface area contributed by atoms with Gasteiger partial charge in [-0.05, 0) is 6.42 Å². The number of halogens is 3. The molecule has 25 heavy (non-hydrogen) atoms. The largest absolute Gasteiger partial charge is 0.471 e. The fraction of sp³-hybridized carbons (Fsp3) is 0.950. The van der Waals surface area contributed by atoms with Crippen molar-refractivity contribution in [2.24, 2.45) is 0 Å². The Morgan fingerprint density at radius 2 is 0.960 bits per heavy atom. The van der Waals surface area contributed by atoms with Gasteiger partial charge in [0, 0.05) is 6.54 Å². The fourth-order valence-electron chi connectivity index (χ4n) is 2.98. The van der Waals surface area contributed by atoms with Gasteiger partial charge in [-0.15, -0.1) is 0 Å². The van der Waals surface area contributed by atoms with Crippen LogP contribution in [0.15, 0.2) is 0 Å². The van der Waals surface area contributed by atoms with Crippen LogP contribution in [-0.4, -0.2) is 18.6 Å². The summed E-state index contributed by atoms with van der Waals surface area (Å²) in [6.45, 7) is 2.37. The zero-order valence-corrected chi connectivity index (χ0v) is 16.1. The number of nitrogens with one attached hydrogen (secondary N) is 1. The van der Waals surface area contributed by atoms with E-state index in [4.69, 9.17) is 0 Å². The molecule has 0 aromatic carbocycles. The smallest absolute Gasteiger partial charge is 0.348 e. The second kappa shape index (κ2) is 16.7. The highest BCUT2D eigenvalue weighted by Crippen LogP contribution is 2.15. The van der Waals surface area contributed by atoms with Crippen molar-refractivity contribution in [3.05, 3.63) is 0 Å². The van der Waals surface area contributed by atoms with Crippen molar-refractivity contribution in [2.45, 2.75) is 116 Å². The normalized spacial score (nSPS) is 11.7. The van der Waals surface area contributed by atoms with Gasteiger partial charge in [-0.3, -0.25) is 4.79 Å². The van der Waals surface area contributed by atoms with Gasteiger partial charge in [-0.2, -0.15) is 13.2 Å². The molecule has 0 aliphatic rings. The van der Waals surface area contributed by atoms with E-state index in [9.17, 15) is 18.0 Å². The Kier molecular flexibility index (Phi) is 16.2. The van der Waals surface area contributed by atoms with Gasteiger partial charge in [-0.1, -0.05) is 103 Å². The van der Waals surface area contributed by atoms with Crippen molar-refractivity contribution in [2.75, 3.05) is 6.54 Å². The molecule has 0 aliphatic heterocycles. The van der Waals surface area contributed by atoms with Crippen LogP contribution in [0, 0.1) is 0 Å². The molecule has 0 radical (unpaired) electrons. The molecule has 0 fully saturated rings. The molecule has 0 saturated heterocycles. The van der Waals surface area contributed by atoms with E-state index in [1.807, 2.05) is 5.32 Å². The molecule has 1 N–H and O–H groups in total. The molecule has 0 spiro atoms. The number of rotatable bonds is 17. The molecule has 2 nitrogen and oxygen atoms in total. The lowest BCUT2D eigenvalue weighted by Gasteiger charge is -2.07. The van der Waals surface area contributed by atoms with Gasteiger partial charge in [0.15, 0.2) is 0 Å². The van der Waals surface area contributed by atoms with Crippen molar-refractivity contribution in [1.82, 2.24) is 5.32 Å². The Hall–Kier alpha value is -0.740. The van der Waals surface area contributed by atoms with Gasteiger partial charge in [0.1, 0.15) is 0 Å². The van der Waals surface area contributed by atoms with E-state index in [2.05, 4.69) is 6.92 Å². The van der Waals surface area contributed by atoms with Crippen LogP contribution in [-0.2, 0) is 4.79 Å². The van der Waals surface area contributed by atoms with Crippen LogP contribution in [0.3, 0.4) is 0 Å². The Bertz CT molecular complexity index is 306. The lowest BCUT2D eigenvalue weighted by molar-refractivity contribution is -0.173. The van der Waals surface area contributed by atoms with Crippen molar-refractivity contribution < 1.29 is 18.0 Å². The Morgan fingerprint density at radius 1 is 0.640 bits per heavy atom. The van der Waals surface area contributed by atoms with Crippen LogP contribution < -0.4 is 5.32 Å². The average molecular weight is 366 g/mol. The zero-order valence-electron chi connectivity index (χ0n) is 16.1. The van der Waals surface area contributed by atoms with E-state index >= 15 is 0 Å². The summed E-state index contributed by atoms with van der Waals surface area (Å²) in [5, 5.41) is 1.91. The molecule has 0 unspecified atom stereocenters. The molecule has 0 aliphatic carbocycles. The van der Waals surface area contributed by atoms with Gasteiger partial charge in [0.25, 0.3) is 0 Å². The maximum atomic E-state index is 11.9. The maximum absolute atomic E-state index is 11.9. The summed E-state index contributed by atoms with van der Waals surface area (Å²) in [6.07, 6.45) is 15.0. The number of hydrogen-bond acceptors (Lipinski definition) is 1. The van der Waals surface area contributed by atoms with Crippen LogP contribution in [0.1, 0.15) is 110 Å². The third-order valence-electron chi connectivity index (χ3n) is 4.57. The summed E-state index contributed by atoms with van der Waals surface area (Å²) < 4.78 is 35.8. The second-order valence-corrected chi connectivity index (χ2v) is 7.06. The van der Waals surface area contributed by atoms with E-state index in [0.29, 0.717) is 6.42 Å². The molecular weight excluding hydrogens is 327 g/mol. The first-order chi connectivity index (χ1) is 12.0. The molecule has 0 rings (SSSR count). The van der Waals surface area contributed by atoms with Gasteiger partial charge < -0.3 is 5.32 Å². The van der Waals surface area contributed by atoms with Crippen LogP contribution in [0.2, 0.25) is 0 Å². The van der Waals surface area contributed by atoms with Crippen LogP contribution in [0.5, 0.6) is 0 Å². The van der Waals surface area contributed by atoms with Crippen LogP contribution in [0.25, 0.3) is 0 Å². The zero-order chi connectivity index (χ0) is 18.8. The minimum atomic E-state index is -4.75. The van der Waals surface area contributed by atoms with E-state index < -0.39 is 12.1 Å². The van der Waals surface area contributed by atoms with Crippen molar-refractivity contribution in [3.8, 4) is 0 Å². The Labute approximate surface area is 152 Å². The molecular formula is C20H38F3NO. The Balaban J connectivity index is 3.11. The van der Waals surface area contributed by atoms with Crippen LogP contribution >= 0.6 is 0 Å². The molecule has 0 saturated carbocycles. The molecule has 1 amide bonds. The molecule has 0 bridgehead atoms. The molecule has 0 atom stereocenters. The summed E-state index contributed by atoms with van der Waals surface area (Å²) in [5.74, 6) is -1.83. The van der Waals surface area contributed by atoms with Crippen molar-refractivity contribution >= 4 is 5.91 Å². The monoisotopic (exact) mass is 365 g/mol. The first-order valence-corrected chi connectivity index (χ1v) is 10.3. The van der Waals surface area contributed by atoms with Crippen molar-refractivity contribution in [3.63, 3.8) is 0 Å². The van der Waals surface area contributed by atoms with Crippen molar-refractivity contribution in [1.29, 1.82) is 0 Å². The third-order valence-corrected chi connectivity index (χ3v) is 4.57. The summed E-state index contributed by atoms with van der Waals surface area (Å²) >= 11 is 0. The lowest BCUT2D eigenvalue weighted by Crippen LogP contribution is -2.37. The molecule has 5 heteroatoms. The lowest BCUT2D eigenvalue weighted by atomic mass is 10.0. The van der Waals surface area contributed by atoms with E-state index in [-0.39, 0.29) is 6.54 Å². The fourth-order valence-corrected chi connectivity index (χ4v) is 2.98. The Morgan fingerprint density at radius 3 is 1.28 bits per heavy atom. The molecule has 0 aromatic rings. The van der Waals surface area contributed by atoms with Gasteiger partial charge in [0.05, 0.1) is 0 Å². The third kappa shape index (κ3) is 17.9. The highest BCUT2D eigenvalue weighted by Gasteiger charge is 2.38. The quantitative estimate of drug-likeness (QED) is 0.278. The SMILES string of the molecule is CCCCCCCCCCCCCCCCCCNC(=O)C(F)(F)F. The number of carbonyl (C=O) groups is 1. The minimum absolute atomic E-state index is 0.122. The number of carbonyl (C=O) groups excluding carboxylic acids is 1. The topological polar surface area (TPSA) is 29.1 Å². The maximum Gasteiger partial charge on any atom is 0.471 e. The number of alkyl halides is 3.